The van der Waals surface area contributed by atoms with E-state index in [-0.39, 0.29) is 12.5 Å². The van der Waals surface area contributed by atoms with Gasteiger partial charge in [-0.3, -0.25) is 9.69 Å². The summed E-state index contributed by atoms with van der Waals surface area (Å²) in [4.78, 5) is 16.6. The molecule has 0 bridgehead atoms. The van der Waals surface area contributed by atoms with Crippen LogP contribution in [0.25, 0.3) is 0 Å². The molecule has 1 aliphatic rings. The molecule has 0 N–H and O–H groups in total. The van der Waals surface area contributed by atoms with Crippen LogP contribution >= 0.6 is 0 Å². The molecule has 132 valence electrons. The van der Waals surface area contributed by atoms with Crippen molar-refractivity contribution in [1.29, 1.82) is 0 Å². The molecule has 0 aromatic heterocycles. The molecule has 0 atom stereocenters. The average Bonchev–Trinajstić information content (AvgIpc) is 2.68. The zero-order valence-electron chi connectivity index (χ0n) is 14.6. The molecule has 4 nitrogen and oxygen atoms in total. The summed E-state index contributed by atoms with van der Waals surface area (Å²) in [5.41, 5.74) is 1.40. The van der Waals surface area contributed by atoms with Gasteiger partial charge in [0.25, 0.3) is 5.91 Å². The number of nitrogens with zero attached hydrogens (tertiary/aromatic N) is 2. The number of hydrogen-bond acceptors (Lipinski definition) is 3. The summed E-state index contributed by atoms with van der Waals surface area (Å²) in [5, 5.41) is 0. The molecule has 0 radical (unpaired) electrons. The van der Waals surface area contributed by atoms with Crippen LogP contribution < -0.4 is 4.74 Å². The number of carbonyl (C=O) groups is 1. The second kappa shape index (κ2) is 9.23. The maximum Gasteiger partial charge on any atom is 0.260 e. The Morgan fingerprint density at radius 2 is 1.52 bits per heavy atom. The number of rotatable bonds is 7. The topological polar surface area (TPSA) is 32.8 Å². The number of piperazine rings is 1. The van der Waals surface area contributed by atoms with Gasteiger partial charge in [0.05, 0.1) is 0 Å². The minimum atomic E-state index is 0.0767. The number of ether oxygens (including phenoxy) is 1. The Morgan fingerprint density at radius 1 is 0.880 bits per heavy atom. The molecule has 4 heteroatoms. The SMILES string of the molecule is O=C(COc1ccccc1)N1CCN(CCCc2ccccc2)CC1. The van der Waals surface area contributed by atoms with Crippen molar-refractivity contribution in [3.05, 3.63) is 66.2 Å². The molecule has 25 heavy (non-hydrogen) atoms. The van der Waals surface area contributed by atoms with E-state index in [4.69, 9.17) is 4.74 Å². The van der Waals surface area contributed by atoms with Crippen molar-refractivity contribution in [2.75, 3.05) is 39.3 Å². The minimum absolute atomic E-state index is 0.0767. The van der Waals surface area contributed by atoms with Crippen molar-refractivity contribution in [3.8, 4) is 5.75 Å². The fourth-order valence-electron chi connectivity index (χ4n) is 3.13. The van der Waals surface area contributed by atoms with E-state index in [9.17, 15) is 4.79 Å². The quantitative estimate of drug-likeness (QED) is 0.778. The molecule has 3 rings (SSSR count). The highest BCUT2D eigenvalue weighted by Gasteiger charge is 2.21. The highest BCUT2D eigenvalue weighted by molar-refractivity contribution is 5.77. The molecule has 1 amide bonds. The number of hydrogen-bond donors (Lipinski definition) is 0. The first-order chi connectivity index (χ1) is 12.3. The Labute approximate surface area is 150 Å². The van der Waals surface area contributed by atoms with Crippen molar-refractivity contribution < 1.29 is 9.53 Å². The zero-order chi connectivity index (χ0) is 17.3. The van der Waals surface area contributed by atoms with Crippen LogP contribution in [0.2, 0.25) is 0 Å². The largest absolute Gasteiger partial charge is 0.484 e. The molecule has 0 aliphatic carbocycles. The third kappa shape index (κ3) is 5.61. The fraction of sp³-hybridized carbons (Fsp3) is 0.381. The third-order valence-electron chi connectivity index (χ3n) is 4.61. The predicted octanol–water partition coefficient (Wildman–Crippen LogP) is 2.84. The van der Waals surface area contributed by atoms with Gasteiger partial charge < -0.3 is 9.64 Å². The van der Waals surface area contributed by atoms with Crippen molar-refractivity contribution in [2.24, 2.45) is 0 Å². The smallest absolute Gasteiger partial charge is 0.260 e. The number of benzene rings is 2. The lowest BCUT2D eigenvalue weighted by Crippen LogP contribution is -2.50. The van der Waals surface area contributed by atoms with E-state index in [0.29, 0.717) is 0 Å². The first-order valence-electron chi connectivity index (χ1n) is 9.03. The molecule has 0 saturated carbocycles. The summed E-state index contributed by atoms with van der Waals surface area (Å²) in [5.74, 6) is 0.822. The van der Waals surface area contributed by atoms with Crippen LogP contribution in [0.1, 0.15) is 12.0 Å². The molecule has 1 aliphatic heterocycles. The molecule has 1 saturated heterocycles. The van der Waals surface area contributed by atoms with Gasteiger partial charge in [-0.25, -0.2) is 0 Å². The Morgan fingerprint density at radius 3 is 2.20 bits per heavy atom. The van der Waals surface area contributed by atoms with Gasteiger partial charge in [-0.15, -0.1) is 0 Å². The fourth-order valence-corrected chi connectivity index (χ4v) is 3.13. The van der Waals surface area contributed by atoms with E-state index in [1.807, 2.05) is 35.2 Å². The normalized spacial score (nSPS) is 15.1. The van der Waals surface area contributed by atoms with Crippen LogP contribution in [0.4, 0.5) is 0 Å². The van der Waals surface area contributed by atoms with Crippen molar-refractivity contribution in [2.45, 2.75) is 12.8 Å². The van der Waals surface area contributed by atoms with E-state index in [1.165, 1.54) is 5.56 Å². The average molecular weight is 338 g/mol. The van der Waals surface area contributed by atoms with Crippen molar-refractivity contribution in [1.82, 2.24) is 9.80 Å². The summed E-state index contributed by atoms with van der Waals surface area (Å²) < 4.78 is 5.56. The van der Waals surface area contributed by atoms with Gasteiger partial charge in [-0.05, 0) is 37.1 Å². The van der Waals surface area contributed by atoms with Gasteiger partial charge >= 0.3 is 0 Å². The van der Waals surface area contributed by atoms with Crippen LogP contribution in [-0.4, -0.2) is 55.0 Å². The number of amides is 1. The highest BCUT2D eigenvalue weighted by atomic mass is 16.5. The highest BCUT2D eigenvalue weighted by Crippen LogP contribution is 2.10. The number of carbonyl (C=O) groups excluding carboxylic acids is 1. The first-order valence-corrected chi connectivity index (χ1v) is 9.03. The van der Waals surface area contributed by atoms with Crippen LogP contribution in [0.5, 0.6) is 5.75 Å². The van der Waals surface area contributed by atoms with Gasteiger partial charge in [0.2, 0.25) is 0 Å². The third-order valence-corrected chi connectivity index (χ3v) is 4.61. The Kier molecular flexibility index (Phi) is 6.46. The maximum atomic E-state index is 12.3. The molecule has 0 unspecified atom stereocenters. The molecule has 0 spiro atoms. The summed E-state index contributed by atoms with van der Waals surface area (Å²) in [6.07, 6.45) is 2.28. The monoisotopic (exact) mass is 338 g/mol. The molecular formula is C21H26N2O2. The molecule has 1 fully saturated rings. The van der Waals surface area contributed by atoms with Gasteiger partial charge in [-0.2, -0.15) is 0 Å². The number of para-hydroxylation sites is 1. The second-order valence-corrected chi connectivity index (χ2v) is 6.41. The first kappa shape index (κ1) is 17.5. The van der Waals surface area contributed by atoms with Crippen LogP contribution in [0.15, 0.2) is 60.7 Å². The summed E-state index contributed by atoms with van der Waals surface area (Å²) in [6.45, 7) is 4.71. The summed E-state index contributed by atoms with van der Waals surface area (Å²) in [7, 11) is 0. The van der Waals surface area contributed by atoms with Crippen LogP contribution in [0.3, 0.4) is 0 Å². The number of aryl methyl sites for hydroxylation is 1. The van der Waals surface area contributed by atoms with Gasteiger partial charge in [0.1, 0.15) is 5.75 Å². The Balaban J connectivity index is 1.33. The minimum Gasteiger partial charge on any atom is -0.484 e. The van der Waals surface area contributed by atoms with Crippen LogP contribution in [0, 0.1) is 0 Å². The van der Waals surface area contributed by atoms with Gasteiger partial charge in [0.15, 0.2) is 6.61 Å². The van der Waals surface area contributed by atoms with Crippen molar-refractivity contribution in [3.63, 3.8) is 0 Å². The predicted molar refractivity (Wildman–Crippen MR) is 99.7 cm³/mol. The zero-order valence-corrected chi connectivity index (χ0v) is 14.6. The Hall–Kier alpha value is -2.33. The van der Waals surface area contributed by atoms with E-state index in [0.717, 1.165) is 51.3 Å². The lowest BCUT2D eigenvalue weighted by Gasteiger charge is -2.34. The van der Waals surface area contributed by atoms with E-state index < -0.39 is 0 Å². The summed E-state index contributed by atoms with van der Waals surface area (Å²) in [6, 6.07) is 20.1. The Bertz CT molecular complexity index is 637. The van der Waals surface area contributed by atoms with Gasteiger partial charge in [0, 0.05) is 26.2 Å². The molecule has 1 heterocycles. The summed E-state index contributed by atoms with van der Waals surface area (Å²) >= 11 is 0. The van der Waals surface area contributed by atoms with Crippen molar-refractivity contribution >= 4 is 5.91 Å². The molecule has 2 aromatic rings. The lowest BCUT2D eigenvalue weighted by molar-refractivity contribution is -0.135. The molecular weight excluding hydrogens is 312 g/mol. The van der Waals surface area contributed by atoms with E-state index in [2.05, 4.69) is 35.2 Å². The maximum absolute atomic E-state index is 12.3. The second-order valence-electron chi connectivity index (χ2n) is 6.41. The standard InChI is InChI=1S/C21H26N2O2/c24-21(18-25-20-11-5-2-6-12-20)23-16-14-22(15-17-23)13-7-10-19-8-3-1-4-9-19/h1-6,8-9,11-12H,7,10,13-18H2. The van der Waals surface area contributed by atoms with Gasteiger partial charge in [-0.1, -0.05) is 48.5 Å². The van der Waals surface area contributed by atoms with Crippen LogP contribution in [-0.2, 0) is 11.2 Å². The molecule has 2 aromatic carbocycles. The van der Waals surface area contributed by atoms with E-state index >= 15 is 0 Å². The lowest BCUT2D eigenvalue weighted by atomic mass is 10.1. The van der Waals surface area contributed by atoms with E-state index in [1.54, 1.807) is 0 Å².